The molecule has 1 amide bonds. The molecule has 4 nitrogen and oxygen atoms in total. The normalized spacial score (nSPS) is 17.8. The average Bonchev–Trinajstić information content (AvgIpc) is 2.34. The molecule has 1 rings (SSSR count). The van der Waals surface area contributed by atoms with E-state index in [4.69, 9.17) is 4.74 Å². The molecule has 1 N–H and O–H groups in total. The van der Waals surface area contributed by atoms with Gasteiger partial charge in [-0.05, 0) is 25.7 Å². The van der Waals surface area contributed by atoms with Crippen molar-refractivity contribution in [3.05, 3.63) is 0 Å². The van der Waals surface area contributed by atoms with Gasteiger partial charge in [0.2, 0.25) is 5.91 Å². The molecule has 0 spiro atoms. The highest BCUT2D eigenvalue weighted by Crippen LogP contribution is 2.17. The molecule has 17 heavy (non-hydrogen) atoms. The van der Waals surface area contributed by atoms with Gasteiger partial charge in [-0.3, -0.25) is 4.79 Å². The number of hydrogen-bond acceptors (Lipinski definition) is 3. The molecule has 0 unspecified atom stereocenters. The van der Waals surface area contributed by atoms with Crippen LogP contribution in [0.5, 0.6) is 0 Å². The maximum absolute atomic E-state index is 11.9. The number of piperidine rings is 1. The van der Waals surface area contributed by atoms with Crippen LogP contribution in [0.4, 0.5) is 0 Å². The quantitative estimate of drug-likeness (QED) is 0.762. The smallest absolute Gasteiger partial charge is 0.236 e. The van der Waals surface area contributed by atoms with Crippen molar-refractivity contribution in [1.82, 2.24) is 10.2 Å². The standard InChI is InChI=1S/C13H26N2O2/c1-4-17-10-12-5-7-15(8-6-12)13(16)9-14-11(2)3/h11-12,14H,4-10H2,1-3H3. The number of likely N-dealkylation sites (tertiary alicyclic amines) is 1. The maximum atomic E-state index is 11.9. The van der Waals surface area contributed by atoms with Crippen molar-refractivity contribution in [2.45, 2.75) is 39.7 Å². The first-order valence-corrected chi connectivity index (χ1v) is 6.72. The van der Waals surface area contributed by atoms with Crippen LogP contribution in [0.2, 0.25) is 0 Å². The minimum Gasteiger partial charge on any atom is -0.381 e. The summed E-state index contributed by atoms with van der Waals surface area (Å²) in [6.45, 7) is 10.0. The molecule has 0 aromatic heterocycles. The first-order valence-electron chi connectivity index (χ1n) is 6.72. The Bertz CT molecular complexity index is 223. The molecule has 1 saturated heterocycles. The minimum absolute atomic E-state index is 0.230. The van der Waals surface area contributed by atoms with E-state index in [1.807, 2.05) is 11.8 Å². The third-order valence-electron chi connectivity index (χ3n) is 3.19. The first-order chi connectivity index (χ1) is 8.13. The second-order valence-corrected chi connectivity index (χ2v) is 5.02. The molecule has 1 heterocycles. The summed E-state index contributed by atoms with van der Waals surface area (Å²) in [5.74, 6) is 0.866. The molecule has 0 aromatic carbocycles. The Morgan fingerprint density at radius 3 is 2.59 bits per heavy atom. The highest BCUT2D eigenvalue weighted by molar-refractivity contribution is 5.78. The van der Waals surface area contributed by atoms with E-state index in [0.717, 1.165) is 39.1 Å². The van der Waals surface area contributed by atoms with Gasteiger partial charge in [0.05, 0.1) is 6.54 Å². The zero-order chi connectivity index (χ0) is 12.7. The number of amides is 1. The van der Waals surface area contributed by atoms with Crippen molar-refractivity contribution in [2.24, 2.45) is 5.92 Å². The summed E-state index contributed by atoms with van der Waals surface area (Å²) < 4.78 is 5.43. The Hall–Kier alpha value is -0.610. The van der Waals surface area contributed by atoms with Gasteiger partial charge in [-0.2, -0.15) is 0 Å². The zero-order valence-electron chi connectivity index (χ0n) is 11.4. The molecule has 1 aliphatic heterocycles. The number of hydrogen-bond donors (Lipinski definition) is 1. The SMILES string of the molecule is CCOCC1CCN(C(=O)CNC(C)C)CC1. The lowest BCUT2D eigenvalue weighted by atomic mass is 9.98. The molecular formula is C13H26N2O2. The van der Waals surface area contributed by atoms with Gasteiger partial charge in [0, 0.05) is 32.3 Å². The second-order valence-electron chi connectivity index (χ2n) is 5.02. The molecule has 4 heteroatoms. The van der Waals surface area contributed by atoms with Gasteiger partial charge in [0.15, 0.2) is 0 Å². The van der Waals surface area contributed by atoms with Crippen molar-refractivity contribution >= 4 is 5.91 Å². The molecule has 1 fully saturated rings. The van der Waals surface area contributed by atoms with Crippen LogP contribution in [0.3, 0.4) is 0 Å². The van der Waals surface area contributed by atoms with Gasteiger partial charge < -0.3 is 15.0 Å². The Kier molecular flexibility index (Phi) is 6.52. The zero-order valence-corrected chi connectivity index (χ0v) is 11.4. The number of rotatable bonds is 6. The maximum Gasteiger partial charge on any atom is 0.236 e. The molecule has 0 aliphatic carbocycles. The molecule has 0 saturated carbocycles. The monoisotopic (exact) mass is 242 g/mol. The van der Waals surface area contributed by atoms with Crippen LogP contribution >= 0.6 is 0 Å². The van der Waals surface area contributed by atoms with Crippen molar-refractivity contribution in [3.8, 4) is 0 Å². The number of nitrogens with one attached hydrogen (secondary N) is 1. The average molecular weight is 242 g/mol. The van der Waals surface area contributed by atoms with Crippen LogP contribution in [0, 0.1) is 5.92 Å². The van der Waals surface area contributed by atoms with E-state index in [2.05, 4.69) is 19.2 Å². The predicted octanol–water partition coefficient (Wildman–Crippen LogP) is 1.26. The van der Waals surface area contributed by atoms with E-state index in [0.29, 0.717) is 18.5 Å². The highest BCUT2D eigenvalue weighted by Gasteiger charge is 2.22. The van der Waals surface area contributed by atoms with Crippen LogP contribution in [-0.4, -0.2) is 49.7 Å². The van der Waals surface area contributed by atoms with Gasteiger partial charge in [-0.25, -0.2) is 0 Å². The molecule has 0 bridgehead atoms. The van der Waals surface area contributed by atoms with Crippen LogP contribution in [0.25, 0.3) is 0 Å². The van der Waals surface area contributed by atoms with Crippen molar-refractivity contribution in [1.29, 1.82) is 0 Å². The Labute approximate surface area is 105 Å². The number of ether oxygens (including phenoxy) is 1. The van der Waals surface area contributed by atoms with Crippen LogP contribution in [0.15, 0.2) is 0 Å². The van der Waals surface area contributed by atoms with Crippen molar-refractivity contribution in [3.63, 3.8) is 0 Å². The fourth-order valence-electron chi connectivity index (χ4n) is 2.04. The van der Waals surface area contributed by atoms with Crippen molar-refractivity contribution in [2.75, 3.05) is 32.8 Å². The van der Waals surface area contributed by atoms with Gasteiger partial charge in [0.1, 0.15) is 0 Å². The first kappa shape index (κ1) is 14.5. The summed E-state index contributed by atoms with van der Waals surface area (Å²) in [6.07, 6.45) is 2.15. The topological polar surface area (TPSA) is 41.6 Å². The number of nitrogens with zero attached hydrogens (tertiary/aromatic N) is 1. The lowest BCUT2D eigenvalue weighted by molar-refractivity contribution is -0.132. The van der Waals surface area contributed by atoms with E-state index in [1.165, 1.54) is 0 Å². The molecule has 0 aromatic rings. The van der Waals surface area contributed by atoms with E-state index < -0.39 is 0 Å². The molecule has 1 aliphatic rings. The summed E-state index contributed by atoms with van der Waals surface area (Å²) in [5.41, 5.74) is 0. The Morgan fingerprint density at radius 1 is 1.41 bits per heavy atom. The van der Waals surface area contributed by atoms with Crippen LogP contribution in [0.1, 0.15) is 33.6 Å². The predicted molar refractivity (Wildman–Crippen MR) is 68.9 cm³/mol. The van der Waals surface area contributed by atoms with Gasteiger partial charge >= 0.3 is 0 Å². The molecular weight excluding hydrogens is 216 g/mol. The summed E-state index contributed by atoms with van der Waals surface area (Å²) in [4.78, 5) is 13.8. The van der Waals surface area contributed by atoms with Gasteiger partial charge in [0.25, 0.3) is 0 Å². The van der Waals surface area contributed by atoms with Crippen LogP contribution in [-0.2, 0) is 9.53 Å². The molecule has 100 valence electrons. The lowest BCUT2D eigenvalue weighted by Crippen LogP contribution is -2.44. The minimum atomic E-state index is 0.230. The van der Waals surface area contributed by atoms with Gasteiger partial charge in [-0.15, -0.1) is 0 Å². The number of carbonyl (C=O) groups excluding carboxylic acids is 1. The highest BCUT2D eigenvalue weighted by atomic mass is 16.5. The third kappa shape index (κ3) is 5.50. The Morgan fingerprint density at radius 2 is 2.06 bits per heavy atom. The van der Waals surface area contributed by atoms with E-state index >= 15 is 0 Å². The second kappa shape index (κ2) is 7.67. The summed E-state index contributed by atoms with van der Waals surface area (Å²) >= 11 is 0. The summed E-state index contributed by atoms with van der Waals surface area (Å²) in [6, 6.07) is 0.370. The molecule has 0 radical (unpaired) electrons. The van der Waals surface area contributed by atoms with Gasteiger partial charge in [-0.1, -0.05) is 13.8 Å². The summed E-state index contributed by atoms with van der Waals surface area (Å²) in [5, 5.41) is 3.17. The van der Waals surface area contributed by atoms with Crippen molar-refractivity contribution < 1.29 is 9.53 Å². The molecule has 0 atom stereocenters. The lowest BCUT2D eigenvalue weighted by Gasteiger charge is -2.32. The van der Waals surface area contributed by atoms with Crippen LogP contribution < -0.4 is 5.32 Å². The largest absolute Gasteiger partial charge is 0.381 e. The van der Waals surface area contributed by atoms with E-state index in [-0.39, 0.29) is 5.91 Å². The third-order valence-corrected chi connectivity index (χ3v) is 3.19. The Balaban J connectivity index is 2.19. The summed E-state index contributed by atoms with van der Waals surface area (Å²) in [7, 11) is 0. The van der Waals surface area contributed by atoms with E-state index in [9.17, 15) is 4.79 Å². The van der Waals surface area contributed by atoms with E-state index in [1.54, 1.807) is 0 Å². The number of carbonyl (C=O) groups is 1. The fourth-order valence-corrected chi connectivity index (χ4v) is 2.04. The fraction of sp³-hybridized carbons (Fsp3) is 0.923.